The van der Waals surface area contributed by atoms with E-state index in [1.165, 1.54) is 0 Å². The van der Waals surface area contributed by atoms with Gasteiger partial charge in [0.2, 0.25) is 0 Å². The first-order valence-corrected chi connectivity index (χ1v) is 12.0. The molecular formula is C28H26N4O3S. The lowest BCUT2D eigenvalue weighted by molar-refractivity contribution is 0.0697. The molecule has 0 aliphatic carbocycles. The van der Waals surface area contributed by atoms with Gasteiger partial charge in [-0.05, 0) is 74.1 Å². The van der Waals surface area contributed by atoms with Gasteiger partial charge in [-0.3, -0.25) is 4.98 Å². The molecule has 1 saturated heterocycles. The molecule has 1 fully saturated rings. The van der Waals surface area contributed by atoms with E-state index in [1.54, 1.807) is 25.4 Å². The Morgan fingerprint density at radius 1 is 1.03 bits per heavy atom. The predicted octanol–water partition coefficient (Wildman–Crippen LogP) is 5.37. The van der Waals surface area contributed by atoms with Crippen molar-refractivity contribution in [1.82, 2.24) is 14.9 Å². The second kappa shape index (κ2) is 9.47. The van der Waals surface area contributed by atoms with E-state index in [0.29, 0.717) is 16.5 Å². The fraction of sp³-hybridized carbons (Fsp3) is 0.179. The molecule has 2 unspecified atom stereocenters. The first kappa shape index (κ1) is 23.6. The van der Waals surface area contributed by atoms with Crippen molar-refractivity contribution in [1.29, 1.82) is 0 Å². The number of para-hydroxylation sites is 3. The number of carboxylic acid groups (broad SMARTS) is 1. The Kier molecular flexibility index (Phi) is 6.20. The molecule has 0 saturated carbocycles. The van der Waals surface area contributed by atoms with Crippen LogP contribution >= 0.6 is 12.2 Å². The van der Waals surface area contributed by atoms with E-state index in [4.69, 9.17) is 17.0 Å². The van der Waals surface area contributed by atoms with Crippen LogP contribution in [0.1, 0.15) is 45.1 Å². The summed E-state index contributed by atoms with van der Waals surface area (Å²) in [6.07, 6.45) is 1.77. The maximum atomic E-state index is 12.0. The SMILES string of the molecule is COc1ccccc1N1C(=S)NC(c2ccccn2)C1c1cc(C)n(-c2ccccc2C(=O)O)c1C. The van der Waals surface area contributed by atoms with Gasteiger partial charge in [0.25, 0.3) is 0 Å². The number of nitrogens with one attached hydrogen (secondary N) is 1. The molecule has 36 heavy (non-hydrogen) atoms. The molecule has 7 nitrogen and oxygen atoms in total. The van der Waals surface area contributed by atoms with Gasteiger partial charge in [0.1, 0.15) is 5.75 Å². The number of aromatic nitrogens is 2. The summed E-state index contributed by atoms with van der Waals surface area (Å²) < 4.78 is 7.68. The molecule has 2 aromatic carbocycles. The number of ether oxygens (including phenoxy) is 1. The molecule has 0 spiro atoms. The molecule has 5 rings (SSSR count). The summed E-state index contributed by atoms with van der Waals surface area (Å²) in [5.74, 6) is -0.260. The summed E-state index contributed by atoms with van der Waals surface area (Å²) in [4.78, 5) is 18.7. The van der Waals surface area contributed by atoms with Gasteiger partial charge in [-0.15, -0.1) is 0 Å². The number of pyridine rings is 1. The zero-order chi connectivity index (χ0) is 25.4. The van der Waals surface area contributed by atoms with Crippen LogP contribution < -0.4 is 15.0 Å². The Hall–Kier alpha value is -4.17. The van der Waals surface area contributed by atoms with E-state index in [2.05, 4.69) is 21.3 Å². The van der Waals surface area contributed by atoms with Crippen molar-refractivity contribution in [3.63, 3.8) is 0 Å². The number of benzene rings is 2. The van der Waals surface area contributed by atoms with Crippen LogP contribution in [0.3, 0.4) is 0 Å². The van der Waals surface area contributed by atoms with E-state index < -0.39 is 5.97 Å². The standard InChI is InChI=1S/C28H26N4O3S/c1-17-16-20(18(2)31(17)22-12-5-4-10-19(22)27(33)34)26-25(21-11-8-9-15-29-21)30-28(36)32(26)23-13-6-7-14-24(23)35-3/h4-16,25-26H,1-3H3,(H,30,36)(H,33,34). The van der Waals surface area contributed by atoms with Gasteiger partial charge in [-0.1, -0.05) is 30.3 Å². The van der Waals surface area contributed by atoms with Gasteiger partial charge in [0.15, 0.2) is 5.11 Å². The van der Waals surface area contributed by atoms with Crippen molar-refractivity contribution in [3.8, 4) is 11.4 Å². The molecule has 0 bridgehead atoms. The number of aryl methyl sites for hydroxylation is 1. The topological polar surface area (TPSA) is 79.6 Å². The maximum Gasteiger partial charge on any atom is 0.337 e. The van der Waals surface area contributed by atoms with E-state index in [-0.39, 0.29) is 17.6 Å². The Morgan fingerprint density at radius 3 is 2.42 bits per heavy atom. The number of hydrogen-bond donors (Lipinski definition) is 2. The van der Waals surface area contributed by atoms with Crippen LogP contribution in [0.5, 0.6) is 5.75 Å². The van der Waals surface area contributed by atoms with Gasteiger partial charge < -0.3 is 24.6 Å². The molecule has 0 radical (unpaired) electrons. The Balaban J connectivity index is 1.73. The smallest absolute Gasteiger partial charge is 0.337 e. The van der Waals surface area contributed by atoms with Crippen LogP contribution in [-0.4, -0.2) is 32.8 Å². The van der Waals surface area contributed by atoms with Gasteiger partial charge in [0.05, 0.1) is 41.8 Å². The lowest BCUT2D eigenvalue weighted by Gasteiger charge is -2.29. The van der Waals surface area contributed by atoms with Crippen molar-refractivity contribution >= 4 is 29.0 Å². The highest BCUT2D eigenvalue weighted by molar-refractivity contribution is 7.80. The van der Waals surface area contributed by atoms with Crippen LogP contribution in [0.15, 0.2) is 79.0 Å². The van der Waals surface area contributed by atoms with E-state index in [1.807, 2.05) is 73.0 Å². The summed E-state index contributed by atoms with van der Waals surface area (Å²) in [6.45, 7) is 4.00. The van der Waals surface area contributed by atoms with Crippen molar-refractivity contribution in [2.45, 2.75) is 25.9 Å². The number of carbonyl (C=O) groups is 1. The van der Waals surface area contributed by atoms with E-state index in [0.717, 1.165) is 28.3 Å². The van der Waals surface area contributed by atoms with Crippen molar-refractivity contribution in [2.24, 2.45) is 0 Å². The minimum absolute atomic E-state index is 0.229. The lowest BCUT2D eigenvalue weighted by atomic mass is 9.96. The second-order valence-electron chi connectivity index (χ2n) is 8.65. The molecule has 0 amide bonds. The number of carboxylic acids is 1. The highest BCUT2D eigenvalue weighted by Crippen LogP contribution is 2.46. The van der Waals surface area contributed by atoms with Crippen LogP contribution in [0.2, 0.25) is 0 Å². The first-order chi connectivity index (χ1) is 17.4. The molecule has 2 aromatic heterocycles. The van der Waals surface area contributed by atoms with Crippen LogP contribution in [0.25, 0.3) is 5.69 Å². The van der Waals surface area contributed by atoms with Crippen molar-refractivity contribution < 1.29 is 14.6 Å². The molecule has 182 valence electrons. The fourth-order valence-corrected chi connectivity index (χ4v) is 5.41. The second-order valence-corrected chi connectivity index (χ2v) is 9.04. The number of rotatable bonds is 6. The summed E-state index contributed by atoms with van der Waals surface area (Å²) in [7, 11) is 1.64. The Labute approximate surface area is 215 Å². The third kappa shape index (κ3) is 3.89. The first-order valence-electron chi connectivity index (χ1n) is 11.6. The highest BCUT2D eigenvalue weighted by Gasteiger charge is 2.43. The number of hydrogen-bond acceptors (Lipinski definition) is 4. The summed E-state index contributed by atoms with van der Waals surface area (Å²) in [6, 6.07) is 22.3. The molecular weight excluding hydrogens is 472 g/mol. The highest BCUT2D eigenvalue weighted by atomic mass is 32.1. The van der Waals surface area contributed by atoms with Crippen LogP contribution in [0, 0.1) is 13.8 Å². The van der Waals surface area contributed by atoms with Gasteiger partial charge >= 0.3 is 5.97 Å². The maximum absolute atomic E-state index is 12.0. The summed E-state index contributed by atoms with van der Waals surface area (Å²) in [5, 5.41) is 13.9. The van der Waals surface area contributed by atoms with Gasteiger partial charge in [0, 0.05) is 17.6 Å². The minimum Gasteiger partial charge on any atom is -0.495 e. The molecule has 3 heterocycles. The number of thiocarbonyl (C=S) groups is 1. The Morgan fingerprint density at radius 2 is 1.72 bits per heavy atom. The third-order valence-corrected chi connectivity index (χ3v) is 6.92. The third-order valence-electron chi connectivity index (χ3n) is 6.61. The zero-order valence-corrected chi connectivity index (χ0v) is 21.0. The van der Waals surface area contributed by atoms with Gasteiger partial charge in [-0.25, -0.2) is 4.79 Å². The van der Waals surface area contributed by atoms with Crippen LogP contribution in [0.4, 0.5) is 5.69 Å². The molecule has 1 aliphatic rings. The number of nitrogens with zero attached hydrogens (tertiary/aromatic N) is 3. The predicted molar refractivity (Wildman–Crippen MR) is 143 cm³/mol. The molecule has 8 heteroatoms. The monoisotopic (exact) mass is 498 g/mol. The summed E-state index contributed by atoms with van der Waals surface area (Å²) in [5.41, 5.74) is 5.44. The molecule has 4 aromatic rings. The fourth-order valence-electron chi connectivity index (χ4n) is 5.07. The average Bonchev–Trinajstić information content (AvgIpc) is 3.39. The molecule has 2 atom stereocenters. The lowest BCUT2D eigenvalue weighted by Crippen LogP contribution is -2.30. The average molecular weight is 499 g/mol. The molecule has 2 N–H and O–H groups in total. The summed E-state index contributed by atoms with van der Waals surface area (Å²) >= 11 is 5.86. The number of aromatic carboxylic acids is 1. The zero-order valence-electron chi connectivity index (χ0n) is 20.2. The normalized spacial score (nSPS) is 17.2. The Bertz CT molecular complexity index is 1450. The van der Waals surface area contributed by atoms with Crippen LogP contribution in [-0.2, 0) is 0 Å². The van der Waals surface area contributed by atoms with Crippen molar-refractivity contribution in [2.75, 3.05) is 12.0 Å². The minimum atomic E-state index is -0.967. The number of methoxy groups -OCH3 is 1. The molecule has 1 aliphatic heterocycles. The largest absolute Gasteiger partial charge is 0.495 e. The number of anilines is 1. The quantitative estimate of drug-likeness (QED) is 0.346. The van der Waals surface area contributed by atoms with E-state index >= 15 is 0 Å². The van der Waals surface area contributed by atoms with E-state index in [9.17, 15) is 9.90 Å². The van der Waals surface area contributed by atoms with Gasteiger partial charge in [-0.2, -0.15) is 0 Å². The van der Waals surface area contributed by atoms with Crippen molar-refractivity contribution in [3.05, 3.63) is 107 Å².